The molecule has 0 atom stereocenters. The van der Waals surface area contributed by atoms with Crippen molar-refractivity contribution >= 4 is 35.1 Å². The summed E-state index contributed by atoms with van der Waals surface area (Å²) in [6.07, 6.45) is 0.966. The van der Waals surface area contributed by atoms with Crippen LogP contribution in [0.2, 0.25) is 0 Å². The number of rotatable bonds is 5. The van der Waals surface area contributed by atoms with Gasteiger partial charge >= 0.3 is 0 Å². The summed E-state index contributed by atoms with van der Waals surface area (Å²) in [6, 6.07) is 14.5. The maximum atomic E-state index is 5.74. The van der Waals surface area contributed by atoms with E-state index < -0.39 is 0 Å². The van der Waals surface area contributed by atoms with Crippen LogP contribution < -0.4 is 4.74 Å². The third kappa shape index (κ3) is 3.71. The average molecular weight is 331 g/mol. The first-order valence-corrected chi connectivity index (χ1v) is 8.42. The Morgan fingerprint density at radius 3 is 2.32 bits per heavy atom. The summed E-state index contributed by atoms with van der Waals surface area (Å²) in [4.78, 5) is 1.73. The molecule has 0 heterocycles. The molecule has 0 saturated carbocycles. The molecule has 0 aliphatic carbocycles. The Balaban J connectivity index is 2.57. The van der Waals surface area contributed by atoms with E-state index in [1.54, 1.807) is 0 Å². The van der Waals surface area contributed by atoms with Crippen molar-refractivity contribution in [2.75, 3.05) is 6.61 Å². The van der Waals surface area contributed by atoms with Gasteiger partial charge in [0.2, 0.25) is 0 Å². The normalized spacial score (nSPS) is 12.0. The Kier molecular flexibility index (Phi) is 6.04. The van der Waals surface area contributed by atoms with Crippen LogP contribution in [0, 0.1) is 6.92 Å². The standard InChI is InChI=1S/C19H22OS2/c1-4-14-8-6-7-9-15(14)18(21)19(22)16-12-13(3)10-11-17(16)20-5-2/h6-12,21-22H,4-5H2,1-3H3/b19-18-. The van der Waals surface area contributed by atoms with Gasteiger partial charge in [0, 0.05) is 15.4 Å². The highest BCUT2D eigenvalue weighted by Gasteiger charge is 2.13. The highest BCUT2D eigenvalue weighted by Crippen LogP contribution is 2.38. The van der Waals surface area contributed by atoms with Crippen molar-refractivity contribution in [2.45, 2.75) is 27.2 Å². The first-order valence-electron chi connectivity index (χ1n) is 7.52. The summed E-state index contributed by atoms with van der Waals surface area (Å²) >= 11 is 9.49. The van der Waals surface area contributed by atoms with Crippen LogP contribution in [0.4, 0.5) is 0 Å². The van der Waals surface area contributed by atoms with Gasteiger partial charge in [-0.2, -0.15) is 0 Å². The van der Waals surface area contributed by atoms with Crippen LogP contribution in [0.25, 0.3) is 9.81 Å². The van der Waals surface area contributed by atoms with E-state index in [4.69, 9.17) is 30.0 Å². The summed E-state index contributed by atoms with van der Waals surface area (Å²) in [7, 11) is 0. The van der Waals surface area contributed by atoms with Crippen molar-refractivity contribution in [2.24, 2.45) is 0 Å². The predicted molar refractivity (Wildman–Crippen MR) is 103 cm³/mol. The lowest BCUT2D eigenvalue weighted by molar-refractivity contribution is 0.339. The number of ether oxygens (including phenoxy) is 1. The Morgan fingerprint density at radius 1 is 0.955 bits per heavy atom. The van der Waals surface area contributed by atoms with Crippen molar-refractivity contribution in [3.05, 3.63) is 64.7 Å². The molecule has 0 radical (unpaired) electrons. The van der Waals surface area contributed by atoms with E-state index in [1.807, 2.05) is 25.1 Å². The zero-order chi connectivity index (χ0) is 16.1. The summed E-state index contributed by atoms with van der Waals surface area (Å²) in [5, 5.41) is 0. The summed E-state index contributed by atoms with van der Waals surface area (Å²) in [5.41, 5.74) is 4.56. The monoisotopic (exact) mass is 330 g/mol. The van der Waals surface area contributed by atoms with Gasteiger partial charge in [0.05, 0.1) is 6.61 Å². The predicted octanol–water partition coefficient (Wildman–Crippen LogP) is 5.64. The van der Waals surface area contributed by atoms with Crippen molar-refractivity contribution in [3.63, 3.8) is 0 Å². The summed E-state index contributed by atoms with van der Waals surface area (Å²) in [5.74, 6) is 0.846. The molecule has 0 N–H and O–H groups in total. The highest BCUT2D eigenvalue weighted by atomic mass is 32.1. The van der Waals surface area contributed by atoms with Crippen molar-refractivity contribution in [1.82, 2.24) is 0 Å². The number of hydrogen-bond acceptors (Lipinski definition) is 3. The quantitative estimate of drug-likeness (QED) is 0.533. The number of benzene rings is 2. The van der Waals surface area contributed by atoms with E-state index in [0.29, 0.717) is 6.61 Å². The molecule has 116 valence electrons. The average Bonchev–Trinajstić information content (AvgIpc) is 2.55. The van der Waals surface area contributed by atoms with Gasteiger partial charge in [0.15, 0.2) is 0 Å². The van der Waals surface area contributed by atoms with Crippen molar-refractivity contribution in [3.8, 4) is 5.75 Å². The van der Waals surface area contributed by atoms with Crippen LogP contribution in [-0.4, -0.2) is 6.61 Å². The van der Waals surface area contributed by atoms with E-state index in [0.717, 1.165) is 33.1 Å². The minimum atomic E-state index is 0.630. The topological polar surface area (TPSA) is 9.23 Å². The highest BCUT2D eigenvalue weighted by molar-refractivity contribution is 7.96. The Bertz CT molecular complexity index is 690. The lowest BCUT2D eigenvalue weighted by Gasteiger charge is -2.15. The van der Waals surface area contributed by atoms with Crippen molar-refractivity contribution < 1.29 is 4.74 Å². The molecule has 1 nitrogen and oxygen atoms in total. The molecule has 2 aromatic rings. The van der Waals surface area contributed by atoms with E-state index in [-0.39, 0.29) is 0 Å². The molecule has 0 aliphatic heterocycles. The van der Waals surface area contributed by atoms with E-state index >= 15 is 0 Å². The third-order valence-electron chi connectivity index (χ3n) is 3.57. The molecule has 0 unspecified atom stereocenters. The molecule has 2 rings (SSSR count). The van der Waals surface area contributed by atoms with Gasteiger partial charge in [0.1, 0.15) is 5.75 Å². The molecule has 0 aliphatic rings. The van der Waals surface area contributed by atoms with E-state index in [1.165, 1.54) is 11.1 Å². The minimum absolute atomic E-state index is 0.630. The molecular formula is C19H22OS2. The molecule has 0 bridgehead atoms. The Labute approximate surface area is 144 Å². The molecule has 0 spiro atoms. The molecule has 0 saturated heterocycles. The molecule has 0 aromatic heterocycles. The van der Waals surface area contributed by atoms with Crippen LogP contribution in [0.5, 0.6) is 5.75 Å². The molecular weight excluding hydrogens is 308 g/mol. The van der Waals surface area contributed by atoms with Gasteiger partial charge in [0.25, 0.3) is 0 Å². The summed E-state index contributed by atoms with van der Waals surface area (Å²) < 4.78 is 5.74. The number of thiol groups is 2. The first-order chi connectivity index (χ1) is 10.6. The number of hydrogen-bond donors (Lipinski definition) is 2. The first kappa shape index (κ1) is 17.0. The maximum Gasteiger partial charge on any atom is 0.127 e. The van der Waals surface area contributed by atoms with Gasteiger partial charge < -0.3 is 4.74 Å². The SMILES string of the molecule is CCOc1ccc(C)cc1/C(S)=C(/S)c1ccccc1CC. The van der Waals surface area contributed by atoms with Crippen molar-refractivity contribution in [1.29, 1.82) is 0 Å². The van der Waals surface area contributed by atoms with E-state index in [9.17, 15) is 0 Å². The molecule has 2 aromatic carbocycles. The largest absolute Gasteiger partial charge is 0.493 e. The fraction of sp³-hybridized carbons (Fsp3) is 0.263. The van der Waals surface area contributed by atoms with Gasteiger partial charge in [-0.15, -0.1) is 25.3 Å². The lowest BCUT2D eigenvalue weighted by atomic mass is 10.0. The second-order valence-electron chi connectivity index (χ2n) is 5.14. The van der Waals surface area contributed by atoms with Gasteiger partial charge in [-0.25, -0.2) is 0 Å². The Hall–Kier alpha value is -1.32. The second-order valence-corrected chi connectivity index (χ2v) is 6.03. The minimum Gasteiger partial charge on any atom is -0.493 e. The third-order valence-corrected chi connectivity index (χ3v) is 4.67. The molecule has 0 amide bonds. The van der Waals surface area contributed by atoms with Gasteiger partial charge in [-0.3, -0.25) is 0 Å². The fourth-order valence-corrected chi connectivity index (χ4v) is 3.06. The van der Waals surface area contributed by atoms with Crippen LogP contribution in [0.1, 0.15) is 36.1 Å². The molecule has 22 heavy (non-hydrogen) atoms. The number of aryl methyl sites for hydroxylation is 2. The maximum absolute atomic E-state index is 5.74. The van der Waals surface area contributed by atoms with Crippen LogP contribution in [-0.2, 0) is 6.42 Å². The summed E-state index contributed by atoms with van der Waals surface area (Å²) in [6.45, 7) is 6.83. The Morgan fingerprint density at radius 2 is 1.64 bits per heavy atom. The second kappa shape index (κ2) is 7.80. The van der Waals surface area contributed by atoms with Gasteiger partial charge in [-0.1, -0.05) is 42.8 Å². The van der Waals surface area contributed by atoms with E-state index in [2.05, 4.69) is 38.1 Å². The zero-order valence-corrected chi connectivity index (χ0v) is 15.0. The van der Waals surface area contributed by atoms with Gasteiger partial charge in [-0.05, 0) is 43.5 Å². The van der Waals surface area contributed by atoms with Crippen LogP contribution >= 0.6 is 25.3 Å². The van der Waals surface area contributed by atoms with Crippen LogP contribution in [0.15, 0.2) is 42.5 Å². The molecule has 3 heteroatoms. The lowest BCUT2D eigenvalue weighted by Crippen LogP contribution is -1.97. The smallest absolute Gasteiger partial charge is 0.127 e. The fourth-order valence-electron chi connectivity index (χ4n) is 2.42. The van der Waals surface area contributed by atoms with Crippen LogP contribution in [0.3, 0.4) is 0 Å². The molecule has 0 fully saturated rings. The zero-order valence-electron chi connectivity index (χ0n) is 13.3.